The Bertz CT molecular complexity index is 424. The summed E-state index contributed by atoms with van der Waals surface area (Å²) in [6.45, 7) is 0.550. The van der Waals surface area contributed by atoms with Gasteiger partial charge in [-0.05, 0) is 28.1 Å². The maximum atomic E-state index is 5.01. The van der Waals surface area contributed by atoms with Crippen molar-refractivity contribution >= 4 is 21.6 Å². The number of rotatable bonds is 2. The van der Waals surface area contributed by atoms with Gasteiger partial charge in [-0.2, -0.15) is 0 Å². The van der Waals surface area contributed by atoms with Gasteiger partial charge < -0.3 is 9.14 Å². The van der Waals surface area contributed by atoms with E-state index in [0.29, 0.717) is 6.61 Å². The molecule has 3 nitrogen and oxygen atoms in total. The lowest BCUT2D eigenvalue weighted by Crippen LogP contribution is -1.85. The van der Waals surface area contributed by atoms with E-state index in [2.05, 4.69) is 20.9 Å². The van der Waals surface area contributed by atoms with E-state index in [1.54, 1.807) is 7.11 Å². The molecule has 2 heterocycles. The van der Waals surface area contributed by atoms with Crippen molar-refractivity contribution in [3.63, 3.8) is 0 Å². The van der Waals surface area contributed by atoms with Crippen LogP contribution in [0.1, 0.15) is 5.69 Å². The van der Waals surface area contributed by atoms with E-state index in [9.17, 15) is 0 Å². The number of hydrogen-bond acceptors (Lipinski definition) is 2. The lowest BCUT2D eigenvalue weighted by Gasteiger charge is -1.92. The molecule has 0 aliphatic rings. The predicted molar refractivity (Wildman–Crippen MR) is 53.6 cm³/mol. The zero-order valence-corrected chi connectivity index (χ0v) is 8.78. The number of halogens is 1. The maximum absolute atomic E-state index is 5.01. The highest BCUT2D eigenvalue weighted by Gasteiger charge is 2.02. The zero-order valence-electron chi connectivity index (χ0n) is 7.20. The molecule has 0 amide bonds. The van der Waals surface area contributed by atoms with Crippen molar-refractivity contribution in [3.05, 3.63) is 34.7 Å². The van der Waals surface area contributed by atoms with Gasteiger partial charge in [0.25, 0.3) is 0 Å². The minimum Gasteiger partial charge on any atom is -0.378 e. The number of pyridine rings is 1. The van der Waals surface area contributed by atoms with Crippen molar-refractivity contribution in [1.82, 2.24) is 9.38 Å². The Hall–Kier alpha value is -0.870. The molecule has 0 aromatic carbocycles. The van der Waals surface area contributed by atoms with Crippen molar-refractivity contribution in [3.8, 4) is 0 Å². The van der Waals surface area contributed by atoms with Crippen LogP contribution >= 0.6 is 15.9 Å². The molecular formula is C9H9BrN2O. The number of hydrogen-bond donors (Lipinski definition) is 0. The molecule has 0 unspecified atom stereocenters. The molecule has 0 aliphatic heterocycles. The molecule has 0 spiro atoms. The number of ether oxygens (including phenoxy) is 1. The summed E-state index contributed by atoms with van der Waals surface area (Å²) in [6, 6.07) is 3.94. The Labute approximate surface area is 84.5 Å². The first-order valence-corrected chi connectivity index (χ1v) is 4.71. The van der Waals surface area contributed by atoms with Crippen molar-refractivity contribution < 1.29 is 4.74 Å². The van der Waals surface area contributed by atoms with Gasteiger partial charge in [0.15, 0.2) is 5.65 Å². The van der Waals surface area contributed by atoms with Crippen molar-refractivity contribution in [1.29, 1.82) is 0 Å². The van der Waals surface area contributed by atoms with Crippen LogP contribution in [-0.2, 0) is 11.3 Å². The summed E-state index contributed by atoms with van der Waals surface area (Å²) in [5, 5.41) is 0. The third kappa shape index (κ3) is 1.59. The lowest BCUT2D eigenvalue weighted by molar-refractivity contribution is 0.182. The van der Waals surface area contributed by atoms with Crippen molar-refractivity contribution in [2.75, 3.05) is 7.11 Å². The quantitative estimate of drug-likeness (QED) is 0.806. The summed E-state index contributed by atoms with van der Waals surface area (Å²) in [6.07, 6.45) is 3.93. The largest absolute Gasteiger partial charge is 0.378 e. The molecule has 2 aromatic rings. The van der Waals surface area contributed by atoms with Crippen LogP contribution in [-0.4, -0.2) is 16.5 Å². The minimum absolute atomic E-state index is 0.550. The molecule has 2 rings (SSSR count). The second kappa shape index (κ2) is 3.47. The Morgan fingerprint density at radius 3 is 3.15 bits per heavy atom. The van der Waals surface area contributed by atoms with E-state index in [4.69, 9.17) is 4.74 Å². The molecule has 0 saturated carbocycles. The van der Waals surface area contributed by atoms with Gasteiger partial charge in [0, 0.05) is 19.5 Å². The number of fused-ring (bicyclic) bond motifs is 1. The van der Waals surface area contributed by atoms with Crippen LogP contribution in [0.5, 0.6) is 0 Å². The van der Waals surface area contributed by atoms with Crippen LogP contribution in [0.25, 0.3) is 5.65 Å². The number of imidazole rings is 1. The van der Waals surface area contributed by atoms with E-state index >= 15 is 0 Å². The van der Waals surface area contributed by atoms with Crippen LogP contribution in [0.15, 0.2) is 29.0 Å². The first kappa shape index (κ1) is 8.72. The fraction of sp³-hybridized carbons (Fsp3) is 0.222. The lowest BCUT2D eigenvalue weighted by atomic mass is 10.5. The molecule has 0 bridgehead atoms. The molecule has 13 heavy (non-hydrogen) atoms. The standard InChI is InChI=1S/C9H9BrN2O/c1-13-6-7-5-12-4-2-3-8(10)9(12)11-7/h2-5H,6H2,1H3. The molecule has 0 atom stereocenters. The van der Waals surface area contributed by atoms with Gasteiger partial charge in [0.1, 0.15) is 0 Å². The summed E-state index contributed by atoms with van der Waals surface area (Å²) < 4.78 is 7.97. The average Bonchev–Trinajstić information content (AvgIpc) is 2.49. The summed E-state index contributed by atoms with van der Waals surface area (Å²) in [4.78, 5) is 4.39. The summed E-state index contributed by atoms with van der Waals surface area (Å²) in [7, 11) is 1.67. The van der Waals surface area contributed by atoms with Crippen molar-refractivity contribution in [2.24, 2.45) is 0 Å². The SMILES string of the molecule is COCc1cn2cccc(Br)c2n1. The van der Waals surface area contributed by atoms with Crippen LogP contribution in [0, 0.1) is 0 Å². The highest BCUT2D eigenvalue weighted by Crippen LogP contribution is 2.16. The van der Waals surface area contributed by atoms with E-state index in [-0.39, 0.29) is 0 Å². The molecule has 68 valence electrons. The van der Waals surface area contributed by atoms with Gasteiger partial charge in [-0.25, -0.2) is 4.98 Å². The monoisotopic (exact) mass is 240 g/mol. The smallest absolute Gasteiger partial charge is 0.151 e. The summed E-state index contributed by atoms with van der Waals surface area (Å²) >= 11 is 3.44. The molecule has 0 radical (unpaired) electrons. The van der Waals surface area contributed by atoms with E-state index < -0.39 is 0 Å². The Morgan fingerprint density at radius 1 is 1.62 bits per heavy atom. The molecule has 2 aromatic heterocycles. The Morgan fingerprint density at radius 2 is 2.46 bits per heavy atom. The topological polar surface area (TPSA) is 26.5 Å². The van der Waals surface area contributed by atoms with E-state index in [0.717, 1.165) is 15.8 Å². The molecule has 0 aliphatic carbocycles. The third-order valence-electron chi connectivity index (χ3n) is 1.78. The predicted octanol–water partition coefficient (Wildman–Crippen LogP) is 2.24. The van der Waals surface area contributed by atoms with E-state index in [1.165, 1.54) is 0 Å². The van der Waals surface area contributed by atoms with Crippen LogP contribution in [0.4, 0.5) is 0 Å². The van der Waals surface area contributed by atoms with Gasteiger partial charge in [-0.15, -0.1) is 0 Å². The average molecular weight is 241 g/mol. The van der Waals surface area contributed by atoms with E-state index in [1.807, 2.05) is 28.9 Å². The maximum Gasteiger partial charge on any atom is 0.151 e. The fourth-order valence-electron chi connectivity index (χ4n) is 1.25. The molecule has 4 heteroatoms. The second-order valence-corrected chi connectivity index (χ2v) is 3.61. The first-order chi connectivity index (χ1) is 6.31. The number of aromatic nitrogens is 2. The first-order valence-electron chi connectivity index (χ1n) is 3.92. The highest BCUT2D eigenvalue weighted by molar-refractivity contribution is 9.10. The van der Waals surface area contributed by atoms with Crippen LogP contribution < -0.4 is 0 Å². The normalized spacial score (nSPS) is 10.9. The van der Waals surface area contributed by atoms with Gasteiger partial charge in [-0.1, -0.05) is 0 Å². The number of methoxy groups -OCH3 is 1. The number of nitrogens with zero attached hydrogens (tertiary/aromatic N) is 2. The van der Waals surface area contributed by atoms with Gasteiger partial charge in [0.2, 0.25) is 0 Å². The highest BCUT2D eigenvalue weighted by atomic mass is 79.9. The third-order valence-corrected chi connectivity index (χ3v) is 2.40. The van der Waals surface area contributed by atoms with Gasteiger partial charge in [0.05, 0.1) is 16.8 Å². The molecule has 0 saturated heterocycles. The van der Waals surface area contributed by atoms with Crippen molar-refractivity contribution in [2.45, 2.75) is 6.61 Å². The Balaban J connectivity index is 2.55. The summed E-state index contributed by atoms with van der Waals surface area (Å²) in [5.41, 5.74) is 1.86. The summed E-state index contributed by atoms with van der Waals surface area (Å²) in [5.74, 6) is 0. The minimum atomic E-state index is 0.550. The van der Waals surface area contributed by atoms with Gasteiger partial charge in [-0.3, -0.25) is 0 Å². The Kier molecular flexibility index (Phi) is 2.33. The van der Waals surface area contributed by atoms with Gasteiger partial charge >= 0.3 is 0 Å². The molecule has 0 N–H and O–H groups in total. The second-order valence-electron chi connectivity index (χ2n) is 2.75. The van der Waals surface area contributed by atoms with Crippen LogP contribution in [0.3, 0.4) is 0 Å². The molecule has 0 fully saturated rings. The fourth-order valence-corrected chi connectivity index (χ4v) is 1.69. The molecular weight excluding hydrogens is 232 g/mol. The zero-order chi connectivity index (χ0) is 9.26. The van der Waals surface area contributed by atoms with Crippen LogP contribution in [0.2, 0.25) is 0 Å².